The molecule has 5 nitrogen and oxygen atoms in total. The topological polar surface area (TPSA) is 65.2 Å². The number of carbonyl (C=O) groups is 1. The van der Waals surface area contributed by atoms with Crippen LogP contribution in [-0.2, 0) is 0 Å². The number of urea groups is 1. The minimum Gasteiger partial charge on any atom is -0.338 e. The fourth-order valence-electron chi connectivity index (χ4n) is 2.70. The van der Waals surface area contributed by atoms with Gasteiger partial charge in [-0.3, -0.25) is 0 Å². The van der Waals surface area contributed by atoms with E-state index in [-0.39, 0.29) is 6.03 Å². The molecule has 0 aromatic carbocycles. The van der Waals surface area contributed by atoms with Crippen LogP contribution < -0.4 is 21.3 Å². The van der Waals surface area contributed by atoms with Crippen molar-refractivity contribution >= 4 is 6.03 Å². The van der Waals surface area contributed by atoms with Gasteiger partial charge in [0.1, 0.15) is 0 Å². The van der Waals surface area contributed by atoms with Crippen molar-refractivity contribution in [2.75, 3.05) is 32.7 Å². The van der Waals surface area contributed by atoms with Crippen LogP contribution in [0.2, 0.25) is 0 Å². The van der Waals surface area contributed by atoms with Crippen molar-refractivity contribution in [3.8, 4) is 0 Å². The van der Waals surface area contributed by atoms with Crippen LogP contribution in [-0.4, -0.2) is 44.8 Å². The molecule has 2 aliphatic heterocycles. The summed E-state index contributed by atoms with van der Waals surface area (Å²) in [4.78, 5) is 11.7. The summed E-state index contributed by atoms with van der Waals surface area (Å²) >= 11 is 0. The molecule has 0 bridgehead atoms. The van der Waals surface area contributed by atoms with E-state index in [9.17, 15) is 4.79 Å². The molecule has 2 fully saturated rings. The van der Waals surface area contributed by atoms with Crippen molar-refractivity contribution in [3.63, 3.8) is 0 Å². The summed E-state index contributed by atoms with van der Waals surface area (Å²) in [6.45, 7) is 4.81. The number of rotatable bonds is 4. The molecule has 0 saturated carbocycles. The van der Waals surface area contributed by atoms with Crippen LogP contribution in [0.15, 0.2) is 0 Å². The zero-order valence-electron chi connectivity index (χ0n) is 11.1. The maximum absolute atomic E-state index is 11.7. The third-order valence-corrected chi connectivity index (χ3v) is 3.93. The lowest BCUT2D eigenvalue weighted by Crippen LogP contribution is -2.47. The molecule has 2 saturated heterocycles. The van der Waals surface area contributed by atoms with Crippen LogP contribution in [0.3, 0.4) is 0 Å². The first-order valence-electron chi connectivity index (χ1n) is 7.30. The van der Waals surface area contributed by atoms with E-state index in [1.807, 2.05) is 0 Å². The molecule has 5 heteroatoms. The molecule has 104 valence electrons. The van der Waals surface area contributed by atoms with Gasteiger partial charge in [0.2, 0.25) is 0 Å². The van der Waals surface area contributed by atoms with E-state index >= 15 is 0 Å². The maximum atomic E-state index is 11.7. The van der Waals surface area contributed by atoms with Crippen LogP contribution in [0.5, 0.6) is 0 Å². The summed E-state index contributed by atoms with van der Waals surface area (Å²) in [6, 6.07) is 0.448. The van der Waals surface area contributed by atoms with Gasteiger partial charge in [0.15, 0.2) is 0 Å². The van der Waals surface area contributed by atoms with E-state index in [0.29, 0.717) is 12.0 Å². The van der Waals surface area contributed by atoms with Gasteiger partial charge in [-0.1, -0.05) is 6.42 Å². The minimum atomic E-state index is -0.0130. The summed E-state index contributed by atoms with van der Waals surface area (Å²) < 4.78 is 0. The van der Waals surface area contributed by atoms with Crippen LogP contribution in [0.4, 0.5) is 4.79 Å². The summed E-state index contributed by atoms with van der Waals surface area (Å²) in [5.74, 6) is 0.643. The Morgan fingerprint density at radius 3 is 2.50 bits per heavy atom. The summed E-state index contributed by atoms with van der Waals surface area (Å²) in [5, 5.41) is 12.7. The number of nitrogens with one attached hydrogen (secondary N) is 4. The molecule has 0 spiro atoms. The smallest absolute Gasteiger partial charge is 0.314 e. The summed E-state index contributed by atoms with van der Waals surface area (Å²) in [5.41, 5.74) is 0. The van der Waals surface area contributed by atoms with Gasteiger partial charge in [-0.25, -0.2) is 4.79 Å². The zero-order chi connectivity index (χ0) is 12.6. The molecule has 0 radical (unpaired) electrons. The lowest BCUT2D eigenvalue weighted by Gasteiger charge is -2.25. The Hall–Kier alpha value is -0.810. The molecule has 4 N–H and O–H groups in total. The molecule has 1 unspecified atom stereocenters. The standard InChI is InChI=1S/C13H26N4O/c18-13(16-9-11-4-7-14-8-5-11)17-10-12-3-1-2-6-15-12/h11-12,14-15H,1-10H2,(H2,16,17,18). The van der Waals surface area contributed by atoms with Crippen LogP contribution >= 0.6 is 0 Å². The molecule has 0 aliphatic carbocycles. The zero-order valence-corrected chi connectivity index (χ0v) is 11.1. The Morgan fingerprint density at radius 2 is 1.78 bits per heavy atom. The Kier molecular flexibility index (Phi) is 5.74. The highest BCUT2D eigenvalue weighted by Gasteiger charge is 2.15. The number of hydrogen-bond acceptors (Lipinski definition) is 3. The first-order chi connectivity index (χ1) is 8.84. The van der Waals surface area contributed by atoms with E-state index in [1.165, 1.54) is 32.1 Å². The van der Waals surface area contributed by atoms with E-state index in [0.717, 1.165) is 32.7 Å². The predicted octanol–water partition coefficient (Wildman–Crippen LogP) is 0.427. The van der Waals surface area contributed by atoms with Gasteiger partial charge >= 0.3 is 6.03 Å². The molecule has 1 atom stereocenters. The number of piperidine rings is 2. The molecule has 18 heavy (non-hydrogen) atoms. The molecular weight excluding hydrogens is 228 g/mol. The second-order valence-corrected chi connectivity index (χ2v) is 5.43. The molecule has 2 amide bonds. The van der Waals surface area contributed by atoms with Gasteiger partial charge in [-0.2, -0.15) is 0 Å². The Morgan fingerprint density at radius 1 is 1.00 bits per heavy atom. The van der Waals surface area contributed by atoms with Crippen molar-refractivity contribution in [1.29, 1.82) is 0 Å². The van der Waals surface area contributed by atoms with Gasteiger partial charge < -0.3 is 21.3 Å². The highest BCUT2D eigenvalue weighted by atomic mass is 16.2. The SMILES string of the molecule is O=C(NCC1CCNCC1)NCC1CCCCN1. The lowest BCUT2D eigenvalue weighted by atomic mass is 9.98. The average Bonchev–Trinajstić information content (AvgIpc) is 2.45. The van der Waals surface area contributed by atoms with Crippen molar-refractivity contribution in [2.45, 2.75) is 38.1 Å². The van der Waals surface area contributed by atoms with Crippen molar-refractivity contribution in [1.82, 2.24) is 21.3 Å². The molecule has 2 aliphatic rings. The highest BCUT2D eigenvalue weighted by molar-refractivity contribution is 5.73. The maximum Gasteiger partial charge on any atom is 0.314 e. The first-order valence-corrected chi connectivity index (χ1v) is 7.30. The quantitative estimate of drug-likeness (QED) is 0.588. The van der Waals surface area contributed by atoms with Gasteiger partial charge in [-0.05, 0) is 51.2 Å². The Labute approximate surface area is 109 Å². The molecule has 0 aromatic heterocycles. The fourth-order valence-corrected chi connectivity index (χ4v) is 2.70. The Bertz CT molecular complexity index is 223. The van der Waals surface area contributed by atoms with E-state index in [1.54, 1.807) is 0 Å². The average molecular weight is 254 g/mol. The van der Waals surface area contributed by atoms with Crippen LogP contribution in [0.25, 0.3) is 0 Å². The van der Waals surface area contributed by atoms with E-state index in [2.05, 4.69) is 21.3 Å². The second kappa shape index (κ2) is 7.59. The van der Waals surface area contributed by atoms with Crippen molar-refractivity contribution < 1.29 is 4.79 Å². The third kappa shape index (κ3) is 4.82. The Balaban J connectivity index is 1.54. The van der Waals surface area contributed by atoms with Gasteiger partial charge in [0.25, 0.3) is 0 Å². The minimum absolute atomic E-state index is 0.0130. The van der Waals surface area contributed by atoms with Crippen molar-refractivity contribution in [2.24, 2.45) is 5.92 Å². The number of hydrogen-bond donors (Lipinski definition) is 4. The van der Waals surface area contributed by atoms with Gasteiger partial charge in [0.05, 0.1) is 0 Å². The molecular formula is C13H26N4O. The third-order valence-electron chi connectivity index (χ3n) is 3.93. The fraction of sp³-hybridized carbons (Fsp3) is 0.923. The largest absolute Gasteiger partial charge is 0.338 e. The predicted molar refractivity (Wildman–Crippen MR) is 72.6 cm³/mol. The van der Waals surface area contributed by atoms with Gasteiger partial charge in [-0.15, -0.1) is 0 Å². The summed E-state index contributed by atoms with van der Waals surface area (Å²) in [7, 11) is 0. The van der Waals surface area contributed by atoms with Crippen LogP contribution in [0, 0.1) is 5.92 Å². The summed E-state index contributed by atoms with van der Waals surface area (Å²) in [6.07, 6.45) is 6.05. The first kappa shape index (κ1) is 13.6. The number of carbonyl (C=O) groups excluding carboxylic acids is 1. The monoisotopic (exact) mass is 254 g/mol. The lowest BCUT2D eigenvalue weighted by molar-refractivity contribution is 0.234. The number of amides is 2. The van der Waals surface area contributed by atoms with E-state index < -0.39 is 0 Å². The molecule has 2 rings (SSSR count). The second-order valence-electron chi connectivity index (χ2n) is 5.43. The van der Waals surface area contributed by atoms with E-state index in [4.69, 9.17) is 0 Å². The van der Waals surface area contributed by atoms with Crippen LogP contribution in [0.1, 0.15) is 32.1 Å². The highest BCUT2D eigenvalue weighted by Crippen LogP contribution is 2.09. The molecule has 0 aromatic rings. The normalized spacial score (nSPS) is 25.7. The van der Waals surface area contributed by atoms with Gasteiger partial charge in [0, 0.05) is 19.1 Å². The van der Waals surface area contributed by atoms with Crippen molar-refractivity contribution in [3.05, 3.63) is 0 Å². The molecule has 2 heterocycles.